The van der Waals surface area contributed by atoms with Crippen molar-refractivity contribution < 1.29 is 22.7 Å². The molecule has 1 heterocycles. The van der Waals surface area contributed by atoms with Crippen molar-refractivity contribution in [2.75, 3.05) is 6.54 Å². The van der Waals surface area contributed by atoms with Gasteiger partial charge in [-0.1, -0.05) is 19.1 Å². The lowest BCUT2D eigenvalue weighted by molar-refractivity contribution is -0.148. The van der Waals surface area contributed by atoms with Gasteiger partial charge in [0.25, 0.3) is 5.91 Å². The molecule has 1 N–H and O–H groups in total. The summed E-state index contributed by atoms with van der Waals surface area (Å²) in [4.78, 5) is 15.5. The Bertz CT molecular complexity index is 719. The number of hydrogen-bond donors (Lipinski definition) is 1. The third kappa shape index (κ3) is 4.52. The molecule has 0 saturated heterocycles. The number of nitrogens with zero attached hydrogens (tertiary/aromatic N) is 2. The van der Waals surface area contributed by atoms with Gasteiger partial charge in [-0.25, -0.2) is 9.37 Å². The first kappa shape index (κ1) is 18.8. The largest absolute Gasteiger partial charge is 0.486 e. The highest BCUT2D eigenvalue weighted by atomic mass is 19.3. The second kappa shape index (κ2) is 8.04. The standard InChI is InChI=1S/C17H20F3N3O2/c1-3-9-23-10-8-21-15(23)17(19,20)16(24)22-11-12(2)25-14-7-5-4-6-13(14)18/h4-8,10,12H,3,9,11H2,1-2H3,(H,22,24)/t12-/m1/s1. The Hall–Kier alpha value is -2.51. The monoisotopic (exact) mass is 355 g/mol. The highest BCUT2D eigenvalue weighted by Crippen LogP contribution is 2.27. The predicted octanol–water partition coefficient (Wildman–Crippen LogP) is 3.11. The second-order valence-corrected chi connectivity index (χ2v) is 5.59. The lowest BCUT2D eigenvalue weighted by atomic mass is 10.2. The number of benzene rings is 1. The summed E-state index contributed by atoms with van der Waals surface area (Å²) in [5, 5.41) is 2.13. The molecule has 136 valence electrons. The number of imidazole rings is 1. The highest BCUT2D eigenvalue weighted by Gasteiger charge is 2.45. The molecule has 0 aliphatic heterocycles. The van der Waals surface area contributed by atoms with Crippen LogP contribution in [0.25, 0.3) is 0 Å². The van der Waals surface area contributed by atoms with E-state index in [2.05, 4.69) is 10.3 Å². The number of carbonyl (C=O) groups is 1. The Balaban J connectivity index is 1.96. The SMILES string of the molecule is CCCn1ccnc1C(F)(F)C(=O)NC[C@@H](C)Oc1ccccc1F. The molecule has 8 heteroatoms. The number of aromatic nitrogens is 2. The number of aryl methyl sites for hydroxylation is 1. The number of rotatable bonds is 8. The van der Waals surface area contributed by atoms with Crippen LogP contribution >= 0.6 is 0 Å². The molecular formula is C17H20F3N3O2. The van der Waals surface area contributed by atoms with E-state index >= 15 is 0 Å². The molecule has 0 fully saturated rings. The maximum atomic E-state index is 14.3. The molecule has 5 nitrogen and oxygen atoms in total. The van der Waals surface area contributed by atoms with Crippen LogP contribution in [0.5, 0.6) is 5.75 Å². The Morgan fingerprint density at radius 1 is 1.40 bits per heavy atom. The van der Waals surface area contributed by atoms with Crippen molar-refractivity contribution in [1.29, 1.82) is 0 Å². The van der Waals surface area contributed by atoms with Crippen LogP contribution in [0, 0.1) is 5.82 Å². The minimum atomic E-state index is -3.77. The van der Waals surface area contributed by atoms with Crippen molar-refractivity contribution in [2.24, 2.45) is 0 Å². The van der Waals surface area contributed by atoms with Gasteiger partial charge in [0.15, 0.2) is 17.4 Å². The number of para-hydroxylation sites is 1. The van der Waals surface area contributed by atoms with E-state index in [0.717, 1.165) is 0 Å². The van der Waals surface area contributed by atoms with E-state index in [1.807, 2.05) is 6.92 Å². The molecule has 1 amide bonds. The zero-order chi connectivity index (χ0) is 18.4. The summed E-state index contributed by atoms with van der Waals surface area (Å²) < 4.78 is 48.7. The van der Waals surface area contributed by atoms with E-state index in [1.54, 1.807) is 13.0 Å². The minimum Gasteiger partial charge on any atom is -0.486 e. The molecule has 25 heavy (non-hydrogen) atoms. The molecule has 0 aliphatic rings. The molecule has 0 saturated carbocycles. The van der Waals surface area contributed by atoms with Crippen LogP contribution in [0.4, 0.5) is 13.2 Å². The van der Waals surface area contributed by atoms with Crippen molar-refractivity contribution in [3.05, 3.63) is 48.3 Å². The van der Waals surface area contributed by atoms with Gasteiger partial charge in [-0.2, -0.15) is 8.78 Å². The number of ether oxygens (including phenoxy) is 1. The van der Waals surface area contributed by atoms with Gasteiger partial charge < -0.3 is 14.6 Å². The van der Waals surface area contributed by atoms with Crippen molar-refractivity contribution in [3.63, 3.8) is 0 Å². The van der Waals surface area contributed by atoms with Crippen LogP contribution in [0.3, 0.4) is 0 Å². The van der Waals surface area contributed by atoms with Gasteiger partial charge in [-0.3, -0.25) is 4.79 Å². The number of nitrogens with one attached hydrogen (secondary N) is 1. The molecule has 0 bridgehead atoms. The third-order valence-electron chi connectivity index (χ3n) is 3.46. The molecule has 0 aliphatic carbocycles. The Morgan fingerprint density at radius 3 is 2.80 bits per heavy atom. The number of carbonyl (C=O) groups excluding carboxylic acids is 1. The molecule has 1 aromatic heterocycles. The Kier molecular flexibility index (Phi) is 6.06. The van der Waals surface area contributed by atoms with Gasteiger partial charge in [-0.15, -0.1) is 0 Å². The predicted molar refractivity (Wildman–Crippen MR) is 85.9 cm³/mol. The first-order chi connectivity index (χ1) is 11.9. The zero-order valence-electron chi connectivity index (χ0n) is 14.0. The molecule has 0 unspecified atom stereocenters. The van der Waals surface area contributed by atoms with Crippen LogP contribution in [0.15, 0.2) is 36.7 Å². The molecule has 1 atom stereocenters. The molecule has 2 aromatic rings. The lowest BCUT2D eigenvalue weighted by Crippen LogP contribution is -2.43. The number of amides is 1. The number of alkyl halides is 2. The average Bonchev–Trinajstić information content (AvgIpc) is 3.04. The highest BCUT2D eigenvalue weighted by molar-refractivity contribution is 5.83. The lowest BCUT2D eigenvalue weighted by Gasteiger charge is -2.19. The normalized spacial score (nSPS) is 12.7. The van der Waals surface area contributed by atoms with Crippen LogP contribution in [-0.2, 0) is 17.3 Å². The van der Waals surface area contributed by atoms with E-state index in [9.17, 15) is 18.0 Å². The first-order valence-corrected chi connectivity index (χ1v) is 7.95. The quantitative estimate of drug-likeness (QED) is 0.792. The van der Waals surface area contributed by atoms with E-state index in [-0.39, 0.29) is 12.3 Å². The van der Waals surface area contributed by atoms with Gasteiger partial charge in [0.1, 0.15) is 6.10 Å². The van der Waals surface area contributed by atoms with Crippen molar-refractivity contribution in [1.82, 2.24) is 14.9 Å². The summed E-state index contributed by atoms with van der Waals surface area (Å²) in [5.74, 6) is -6.41. The maximum Gasteiger partial charge on any atom is 0.381 e. The third-order valence-corrected chi connectivity index (χ3v) is 3.46. The Labute approximate surface area is 143 Å². The van der Waals surface area contributed by atoms with Crippen molar-refractivity contribution >= 4 is 5.91 Å². The van der Waals surface area contributed by atoms with Crippen LogP contribution in [0.2, 0.25) is 0 Å². The summed E-state index contributed by atoms with van der Waals surface area (Å²) in [5.41, 5.74) is 0. The molecule has 0 spiro atoms. The number of halogens is 3. The van der Waals surface area contributed by atoms with Crippen LogP contribution < -0.4 is 10.1 Å². The topological polar surface area (TPSA) is 56.2 Å². The number of hydrogen-bond acceptors (Lipinski definition) is 3. The summed E-state index contributed by atoms with van der Waals surface area (Å²) in [6.07, 6.45) is 2.58. The first-order valence-electron chi connectivity index (χ1n) is 7.95. The van der Waals surface area contributed by atoms with Gasteiger partial charge in [0.2, 0.25) is 0 Å². The van der Waals surface area contributed by atoms with Gasteiger partial charge >= 0.3 is 5.92 Å². The van der Waals surface area contributed by atoms with Gasteiger partial charge in [0.05, 0.1) is 6.54 Å². The molecule has 2 rings (SSSR count). The Morgan fingerprint density at radius 2 is 2.12 bits per heavy atom. The summed E-state index contributed by atoms with van der Waals surface area (Å²) in [6, 6.07) is 5.74. The summed E-state index contributed by atoms with van der Waals surface area (Å²) in [7, 11) is 0. The fraction of sp³-hybridized carbons (Fsp3) is 0.412. The van der Waals surface area contributed by atoms with E-state index < -0.39 is 29.6 Å². The van der Waals surface area contributed by atoms with Crippen LogP contribution in [-0.4, -0.2) is 28.1 Å². The minimum absolute atomic E-state index is 0.00509. The van der Waals surface area contributed by atoms with E-state index in [4.69, 9.17) is 4.74 Å². The van der Waals surface area contributed by atoms with E-state index in [0.29, 0.717) is 13.0 Å². The zero-order valence-corrected chi connectivity index (χ0v) is 14.0. The van der Waals surface area contributed by atoms with Gasteiger partial charge in [-0.05, 0) is 25.5 Å². The smallest absolute Gasteiger partial charge is 0.381 e. The summed E-state index contributed by atoms with van der Waals surface area (Å²) >= 11 is 0. The summed E-state index contributed by atoms with van der Waals surface area (Å²) in [6.45, 7) is 3.52. The van der Waals surface area contributed by atoms with Crippen molar-refractivity contribution in [3.8, 4) is 5.75 Å². The molecular weight excluding hydrogens is 335 g/mol. The van der Waals surface area contributed by atoms with E-state index in [1.165, 1.54) is 35.2 Å². The molecule has 1 aromatic carbocycles. The second-order valence-electron chi connectivity index (χ2n) is 5.59. The fourth-order valence-electron chi connectivity index (χ4n) is 2.26. The average molecular weight is 355 g/mol. The molecule has 0 radical (unpaired) electrons. The van der Waals surface area contributed by atoms with Crippen molar-refractivity contribution in [2.45, 2.75) is 38.8 Å². The maximum absolute atomic E-state index is 14.3. The fourth-order valence-corrected chi connectivity index (χ4v) is 2.26. The van der Waals surface area contributed by atoms with Crippen LogP contribution in [0.1, 0.15) is 26.1 Å². The van der Waals surface area contributed by atoms with Gasteiger partial charge in [0, 0.05) is 18.9 Å².